The zero-order valence-corrected chi connectivity index (χ0v) is 24.1. The Hall–Kier alpha value is -3.38. The number of allylic oxidation sites excluding steroid dienone is 12. The molecular formula is C38H38. The second-order valence-electron chi connectivity index (χ2n) is 14.3. The van der Waals surface area contributed by atoms with Gasteiger partial charge in [-0.1, -0.05) is 116 Å². The molecule has 0 saturated carbocycles. The van der Waals surface area contributed by atoms with Crippen LogP contribution >= 0.6 is 0 Å². The summed E-state index contributed by atoms with van der Waals surface area (Å²) in [6.07, 6.45) is 14.9. The van der Waals surface area contributed by atoms with Crippen molar-refractivity contribution in [3.8, 4) is 0 Å². The smallest absolute Gasteiger partial charge is 0.0315 e. The maximum Gasteiger partial charge on any atom is 0.0315 e. The Bertz CT molecular complexity index is 1650. The van der Waals surface area contributed by atoms with Gasteiger partial charge >= 0.3 is 0 Å². The van der Waals surface area contributed by atoms with Crippen LogP contribution in [0.2, 0.25) is 0 Å². The van der Waals surface area contributed by atoms with Gasteiger partial charge in [0.25, 0.3) is 0 Å². The predicted octanol–water partition coefficient (Wildman–Crippen LogP) is 10.6. The lowest BCUT2D eigenvalue weighted by Crippen LogP contribution is -2.48. The molecule has 0 bridgehead atoms. The van der Waals surface area contributed by atoms with E-state index in [0.717, 1.165) is 0 Å². The fourth-order valence-electron chi connectivity index (χ4n) is 7.34. The maximum atomic E-state index is 2.54. The van der Waals surface area contributed by atoms with Crippen LogP contribution in [0, 0.1) is 21.7 Å². The van der Waals surface area contributed by atoms with Crippen LogP contribution in [-0.2, 0) is 0 Å². The summed E-state index contributed by atoms with van der Waals surface area (Å²) >= 11 is 0. The van der Waals surface area contributed by atoms with E-state index in [1.807, 2.05) is 0 Å². The van der Waals surface area contributed by atoms with Gasteiger partial charge in [0.1, 0.15) is 0 Å². The second kappa shape index (κ2) is 7.17. The van der Waals surface area contributed by atoms with Gasteiger partial charge in [-0.15, -0.1) is 0 Å². The Morgan fingerprint density at radius 1 is 0.500 bits per heavy atom. The highest BCUT2D eigenvalue weighted by Gasteiger charge is 2.59. The molecule has 0 aliphatic heterocycles. The molecule has 0 heteroatoms. The van der Waals surface area contributed by atoms with Crippen LogP contribution in [0.3, 0.4) is 0 Å². The van der Waals surface area contributed by atoms with Crippen LogP contribution in [0.5, 0.6) is 0 Å². The van der Waals surface area contributed by atoms with E-state index in [9.17, 15) is 0 Å². The monoisotopic (exact) mass is 494 g/mol. The summed E-state index contributed by atoms with van der Waals surface area (Å²) in [7, 11) is 0. The van der Waals surface area contributed by atoms with Crippen LogP contribution < -0.4 is 0 Å². The van der Waals surface area contributed by atoms with E-state index in [2.05, 4.69) is 140 Å². The Kier molecular flexibility index (Phi) is 4.48. The molecule has 0 nitrogen and oxygen atoms in total. The lowest BCUT2D eigenvalue weighted by molar-refractivity contribution is 0.298. The summed E-state index contributed by atoms with van der Waals surface area (Å²) in [5.41, 5.74) is 11.3. The fraction of sp³-hybridized carbons (Fsp3) is 0.316. The normalized spacial score (nSPS) is 26.0. The first-order chi connectivity index (χ1) is 17.8. The van der Waals surface area contributed by atoms with Gasteiger partial charge in [-0.25, -0.2) is 0 Å². The average Bonchev–Trinajstić information content (AvgIpc) is 2.84. The highest BCUT2D eigenvalue weighted by molar-refractivity contribution is 6.05. The topological polar surface area (TPSA) is 0 Å². The lowest BCUT2D eigenvalue weighted by atomic mass is 9.43. The molecule has 0 N–H and O–H groups in total. The molecule has 0 spiro atoms. The summed E-state index contributed by atoms with van der Waals surface area (Å²) in [5, 5.41) is 5.25. The van der Waals surface area contributed by atoms with Gasteiger partial charge in [0.15, 0.2) is 0 Å². The molecule has 0 unspecified atom stereocenters. The van der Waals surface area contributed by atoms with Crippen molar-refractivity contribution in [2.24, 2.45) is 21.7 Å². The Balaban J connectivity index is 1.64. The van der Waals surface area contributed by atoms with Gasteiger partial charge in [-0.05, 0) is 101 Å². The number of rotatable bonds is 0. The van der Waals surface area contributed by atoms with Gasteiger partial charge < -0.3 is 0 Å². The molecule has 3 aromatic rings. The molecule has 3 aromatic carbocycles. The van der Waals surface area contributed by atoms with Crippen molar-refractivity contribution in [1.29, 1.82) is 0 Å². The van der Waals surface area contributed by atoms with Crippen molar-refractivity contribution >= 4 is 32.7 Å². The zero-order valence-electron chi connectivity index (χ0n) is 24.1. The molecule has 0 saturated heterocycles. The highest BCUT2D eigenvalue weighted by Crippen LogP contribution is 2.71. The Morgan fingerprint density at radius 3 is 1.26 bits per heavy atom. The third kappa shape index (κ3) is 2.92. The minimum absolute atomic E-state index is 0.0786. The number of fused-ring (bicyclic) bond motifs is 5. The van der Waals surface area contributed by atoms with Gasteiger partial charge in [-0.2, -0.15) is 0 Å². The van der Waals surface area contributed by atoms with Gasteiger partial charge in [0.05, 0.1) is 0 Å². The molecule has 0 aromatic heterocycles. The average molecular weight is 495 g/mol. The van der Waals surface area contributed by atoms with Crippen molar-refractivity contribution in [2.75, 3.05) is 0 Å². The molecule has 0 fully saturated rings. The van der Waals surface area contributed by atoms with Crippen LogP contribution in [0.1, 0.15) is 66.5 Å². The first-order valence-electron chi connectivity index (χ1n) is 14.1. The van der Waals surface area contributed by atoms with Gasteiger partial charge in [-0.3, -0.25) is 0 Å². The number of hydrogen-bond donors (Lipinski definition) is 0. The molecule has 4 aliphatic carbocycles. The molecule has 0 amide bonds. The van der Waals surface area contributed by atoms with E-state index in [1.165, 1.54) is 66.1 Å². The van der Waals surface area contributed by atoms with Crippen molar-refractivity contribution in [3.63, 3.8) is 0 Å². The fourth-order valence-corrected chi connectivity index (χ4v) is 7.34. The third-order valence-corrected chi connectivity index (χ3v) is 10.0. The van der Waals surface area contributed by atoms with E-state index < -0.39 is 0 Å². The second-order valence-corrected chi connectivity index (χ2v) is 14.3. The zero-order chi connectivity index (χ0) is 26.8. The molecule has 4 aliphatic rings. The minimum Gasteiger partial charge on any atom is -0.0616 e. The molecule has 0 radical (unpaired) electrons. The Labute approximate surface area is 227 Å². The summed E-state index contributed by atoms with van der Waals surface area (Å²) in [6.45, 7) is 19.0. The van der Waals surface area contributed by atoms with E-state index in [4.69, 9.17) is 0 Å². The largest absolute Gasteiger partial charge is 0.0616 e. The Morgan fingerprint density at radius 2 is 0.895 bits per heavy atom. The van der Waals surface area contributed by atoms with Crippen molar-refractivity contribution < 1.29 is 0 Å². The van der Waals surface area contributed by atoms with Crippen LogP contribution in [-0.4, -0.2) is 0 Å². The highest BCUT2D eigenvalue weighted by atomic mass is 14.6. The lowest BCUT2D eigenvalue weighted by Gasteiger charge is -2.59. The summed E-state index contributed by atoms with van der Waals surface area (Å²) in [6, 6.07) is 18.5. The van der Waals surface area contributed by atoms with Crippen LogP contribution in [0.4, 0.5) is 0 Å². The van der Waals surface area contributed by atoms with Crippen LogP contribution in [0.25, 0.3) is 32.7 Å². The summed E-state index contributed by atoms with van der Waals surface area (Å²) < 4.78 is 0. The first kappa shape index (κ1) is 23.7. The molecule has 7 rings (SSSR count). The van der Waals surface area contributed by atoms with E-state index >= 15 is 0 Å². The molecule has 38 heavy (non-hydrogen) atoms. The maximum absolute atomic E-state index is 2.54. The van der Waals surface area contributed by atoms with Gasteiger partial charge in [0.2, 0.25) is 0 Å². The number of benzene rings is 3. The third-order valence-electron chi connectivity index (χ3n) is 10.0. The quantitative estimate of drug-likeness (QED) is 0.273. The first-order valence-corrected chi connectivity index (χ1v) is 14.1. The molecular weight excluding hydrogens is 456 g/mol. The minimum atomic E-state index is -0.130. The summed E-state index contributed by atoms with van der Waals surface area (Å²) in [5.74, 6) is 0. The van der Waals surface area contributed by atoms with Crippen molar-refractivity contribution in [3.05, 3.63) is 118 Å². The molecule has 190 valence electrons. The standard InChI is InChI=1S/C38H38/c1-35(2,3)29-19-27-13-14-28-20-30(36(4,5)6)22-34-32-18-26-16-24-12-10-9-11-23(24)15-25(26)17-31(32)33(21-29)37(27,7)38(28,34)8/h9-22H,1-8H3/t37-,38-/m1/s1. The molecule has 0 heterocycles. The van der Waals surface area contributed by atoms with Gasteiger partial charge in [0, 0.05) is 10.8 Å². The SMILES string of the molecule is CC(C)(C)C1=CC2=CC=C3C=C(C(C)(C)C)C=C4c5cc6cc7ccccc7cc6cc5C(=C1)[C@]2(C)[C@]34C. The predicted molar refractivity (Wildman–Crippen MR) is 165 cm³/mol. The van der Waals surface area contributed by atoms with Crippen molar-refractivity contribution in [1.82, 2.24) is 0 Å². The van der Waals surface area contributed by atoms with Crippen LogP contribution in [0.15, 0.2) is 107 Å². The van der Waals surface area contributed by atoms with Crippen molar-refractivity contribution in [2.45, 2.75) is 55.4 Å². The van der Waals surface area contributed by atoms with E-state index in [-0.39, 0.29) is 21.7 Å². The molecule has 2 atom stereocenters. The van der Waals surface area contributed by atoms with E-state index in [0.29, 0.717) is 0 Å². The summed E-state index contributed by atoms with van der Waals surface area (Å²) in [4.78, 5) is 0. The van der Waals surface area contributed by atoms with E-state index in [1.54, 1.807) is 0 Å². The number of hydrogen-bond acceptors (Lipinski definition) is 0.